The maximum atomic E-state index is 13.2. The van der Waals surface area contributed by atoms with Crippen LogP contribution in [-0.2, 0) is 0 Å². The monoisotopic (exact) mass is 461 g/mol. The molecule has 0 aliphatic carbocycles. The molecule has 0 amide bonds. The molecule has 0 aliphatic rings. The lowest BCUT2D eigenvalue weighted by atomic mass is 10.1. The fourth-order valence-corrected chi connectivity index (χ4v) is 2.92. The van der Waals surface area contributed by atoms with Crippen LogP contribution < -0.4 is 10.6 Å². The molecule has 1 atom stereocenters. The molecule has 4 rings (SSSR count). The van der Waals surface area contributed by atoms with E-state index in [9.17, 15) is 4.39 Å². The number of anilines is 3. The average Bonchev–Trinajstić information content (AvgIpc) is 3.15. The highest BCUT2D eigenvalue weighted by Gasteiger charge is 2.10. The smallest absolute Gasteiger partial charge is 0.150 e. The number of benzene rings is 1. The van der Waals surface area contributed by atoms with Crippen molar-refractivity contribution in [3.63, 3.8) is 0 Å². The molecule has 7 nitrogen and oxygen atoms in total. The van der Waals surface area contributed by atoms with Crippen molar-refractivity contribution in [2.45, 2.75) is 19.9 Å². The Kier molecular flexibility index (Phi) is 8.30. The van der Waals surface area contributed by atoms with Gasteiger partial charge in [0.2, 0.25) is 0 Å². The molecule has 162 valence electrons. The maximum Gasteiger partial charge on any atom is 0.150 e. The molecule has 0 aliphatic heterocycles. The highest BCUT2D eigenvalue weighted by atomic mass is 35.5. The Labute approximate surface area is 192 Å². The van der Waals surface area contributed by atoms with Crippen LogP contribution in [0.2, 0.25) is 0 Å². The van der Waals surface area contributed by atoms with Crippen molar-refractivity contribution < 1.29 is 4.39 Å². The second kappa shape index (κ2) is 10.7. The summed E-state index contributed by atoms with van der Waals surface area (Å²) in [7, 11) is 0. The lowest BCUT2D eigenvalue weighted by molar-refractivity contribution is 0.626. The molecule has 0 unspecified atom stereocenters. The zero-order chi connectivity index (χ0) is 20.2. The van der Waals surface area contributed by atoms with Gasteiger partial charge >= 0.3 is 0 Å². The fourth-order valence-electron chi connectivity index (χ4n) is 2.92. The van der Waals surface area contributed by atoms with Crippen molar-refractivity contribution in [2.75, 3.05) is 10.6 Å². The number of hydrogen-bond acceptors (Lipinski definition) is 6. The van der Waals surface area contributed by atoms with E-state index in [2.05, 4.69) is 30.6 Å². The summed E-state index contributed by atoms with van der Waals surface area (Å²) in [6, 6.07) is 10.2. The van der Waals surface area contributed by atoms with Crippen molar-refractivity contribution in [1.82, 2.24) is 24.5 Å². The fraction of sp³-hybridized carbons (Fsp3) is 0.143. The summed E-state index contributed by atoms with van der Waals surface area (Å²) in [5.41, 5.74) is 2.76. The predicted octanol–water partition coefficient (Wildman–Crippen LogP) is 5.27. The van der Waals surface area contributed by atoms with E-state index in [-0.39, 0.29) is 36.7 Å². The lowest BCUT2D eigenvalue weighted by Crippen LogP contribution is -2.10. The van der Waals surface area contributed by atoms with Gasteiger partial charge in [-0.05, 0) is 31.5 Å². The number of rotatable bonds is 6. The Morgan fingerprint density at radius 1 is 0.968 bits per heavy atom. The molecule has 31 heavy (non-hydrogen) atoms. The summed E-state index contributed by atoms with van der Waals surface area (Å²) in [6.45, 7) is 3.94. The van der Waals surface area contributed by atoms with Crippen molar-refractivity contribution >= 4 is 42.3 Å². The van der Waals surface area contributed by atoms with Gasteiger partial charge < -0.3 is 15.2 Å². The Morgan fingerprint density at radius 2 is 1.71 bits per heavy atom. The first kappa shape index (κ1) is 24.0. The van der Waals surface area contributed by atoms with Gasteiger partial charge in [-0.2, -0.15) is 0 Å². The van der Waals surface area contributed by atoms with E-state index < -0.39 is 0 Å². The van der Waals surface area contributed by atoms with E-state index in [0.29, 0.717) is 17.5 Å². The zero-order valence-electron chi connectivity index (χ0n) is 16.9. The predicted molar refractivity (Wildman–Crippen MR) is 124 cm³/mol. The number of hydrogen-bond donors (Lipinski definition) is 2. The minimum atomic E-state index is -0.257. The quantitative estimate of drug-likeness (QED) is 0.407. The van der Waals surface area contributed by atoms with E-state index in [1.165, 1.54) is 12.1 Å². The molecule has 0 saturated carbocycles. The topological polar surface area (TPSA) is 80.5 Å². The van der Waals surface area contributed by atoms with Crippen molar-refractivity contribution in [2.24, 2.45) is 0 Å². The molecule has 0 bridgehead atoms. The minimum Gasteiger partial charge on any atom is -0.363 e. The molecule has 10 heteroatoms. The van der Waals surface area contributed by atoms with Crippen LogP contribution >= 0.6 is 24.8 Å². The lowest BCUT2D eigenvalue weighted by Gasteiger charge is -2.17. The number of nitrogens with zero attached hydrogens (tertiary/aromatic N) is 5. The van der Waals surface area contributed by atoms with E-state index in [1.807, 2.05) is 36.7 Å². The molecule has 3 aromatic heterocycles. The number of halogens is 3. The van der Waals surface area contributed by atoms with Crippen LogP contribution in [0.3, 0.4) is 0 Å². The normalized spacial score (nSPS) is 11.1. The number of aryl methyl sites for hydroxylation is 1. The highest BCUT2D eigenvalue weighted by molar-refractivity contribution is 5.85. The van der Waals surface area contributed by atoms with Gasteiger partial charge in [0.25, 0.3) is 0 Å². The molecule has 0 radical (unpaired) electrons. The van der Waals surface area contributed by atoms with Gasteiger partial charge in [-0.25, -0.2) is 19.3 Å². The number of aromatic nitrogens is 5. The second-order valence-corrected chi connectivity index (χ2v) is 6.65. The van der Waals surface area contributed by atoms with Crippen LogP contribution in [0.4, 0.5) is 21.8 Å². The molecule has 1 aromatic carbocycles. The van der Waals surface area contributed by atoms with Gasteiger partial charge in [-0.3, -0.25) is 4.98 Å². The Balaban J connectivity index is 0.00000171. The third-order valence-corrected chi connectivity index (χ3v) is 4.37. The first-order chi connectivity index (χ1) is 14.1. The summed E-state index contributed by atoms with van der Waals surface area (Å²) in [5, 5.41) is 6.55. The van der Waals surface area contributed by atoms with E-state index >= 15 is 0 Å². The Hall–Kier alpha value is -3.23. The highest BCUT2D eigenvalue weighted by Crippen LogP contribution is 2.24. The van der Waals surface area contributed by atoms with Gasteiger partial charge in [0.1, 0.15) is 23.3 Å². The minimum absolute atomic E-state index is 0. The Bertz CT molecular complexity index is 1100. The molecule has 4 aromatic rings. The largest absolute Gasteiger partial charge is 0.363 e. The van der Waals surface area contributed by atoms with Gasteiger partial charge in [-0.1, -0.05) is 12.1 Å². The molecular formula is C21H22Cl2FN7. The van der Waals surface area contributed by atoms with Crippen molar-refractivity contribution in [3.8, 4) is 5.69 Å². The number of nitrogens with one attached hydrogen (secondary N) is 2. The first-order valence-electron chi connectivity index (χ1n) is 9.15. The van der Waals surface area contributed by atoms with E-state index in [4.69, 9.17) is 0 Å². The van der Waals surface area contributed by atoms with Gasteiger partial charge in [0.05, 0.1) is 23.9 Å². The third-order valence-electron chi connectivity index (χ3n) is 4.37. The molecule has 3 heterocycles. The number of imidazole rings is 1. The van der Waals surface area contributed by atoms with E-state index in [1.54, 1.807) is 37.1 Å². The van der Waals surface area contributed by atoms with Crippen LogP contribution in [-0.4, -0.2) is 24.5 Å². The summed E-state index contributed by atoms with van der Waals surface area (Å²) in [4.78, 5) is 17.2. The average molecular weight is 462 g/mol. The third kappa shape index (κ3) is 6.13. The SMILES string of the molecule is Cc1cn(-c2cc(Nc3cnccn3)nc(N[C@@H](C)c3ccc(F)cc3)c2)cn1.Cl.Cl. The standard InChI is InChI=1S/C21H20FN7.2ClH/c1-14-12-29(13-25-14)18-9-19(26-15(2)16-3-5-17(22)6-4-16)27-20(10-18)28-21-11-23-7-8-24-21;;/h3-13,15H,1-2H3,(H2,24,26,27,28);2*1H/t15-;;/m0../s1. The number of pyridine rings is 1. The van der Waals surface area contributed by atoms with Crippen molar-refractivity contribution in [1.29, 1.82) is 0 Å². The van der Waals surface area contributed by atoms with Crippen LogP contribution in [0.25, 0.3) is 5.69 Å². The van der Waals surface area contributed by atoms with Crippen LogP contribution in [0.1, 0.15) is 24.2 Å². The van der Waals surface area contributed by atoms with Crippen LogP contribution in [0.5, 0.6) is 0 Å². The maximum absolute atomic E-state index is 13.2. The molecule has 2 N–H and O–H groups in total. The Morgan fingerprint density at radius 3 is 2.35 bits per heavy atom. The van der Waals surface area contributed by atoms with E-state index in [0.717, 1.165) is 16.9 Å². The van der Waals surface area contributed by atoms with Gasteiger partial charge in [0.15, 0.2) is 0 Å². The molecule has 0 saturated heterocycles. The second-order valence-electron chi connectivity index (χ2n) is 6.65. The summed E-state index contributed by atoms with van der Waals surface area (Å²) >= 11 is 0. The zero-order valence-corrected chi connectivity index (χ0v) is 18.5. The van der Waals surface area contributed by atoms with Gasteiger partial charge in [0, 0.05) is 36.8 Å². The van der Waals surface area contributed by atoms with Crippen molar-refractivity contribution in [3.05, 3.63) is 84.6 Å². The van der Waals surface area contributed by atoms with Crippen LogP contribution in [0, 0.1) is 12.7 Å². The molecule has 0 fully saturated rings. The molecular weight excluding hydrogens is 440 g/mol. The van der Waals surface area contributed by atoms with Crippen LogP contribution in [0.15, 0.2) is 67.5 Å². The first-order valence-corrected chi connectivity index (χ1v) is 9.15. The summed E-state index contributed by atoms with van der Waals surface area (Å²) in [6.07, 6.45) is 8.55. The van der Waals surface area contributed by atoms with Gasteiger partial charge in [-0.15, -0.1) is 24.8 Å². The summed E-state index contributed by atoms with van der Waals surface area (Å²) < 4.78 is 15.1. The summed E-state index contributed by atoms with van der Waals surface area (Å²) in [5.74, 6) is 1.61. The molecule has 0 spiro atoms.